The van der Waals surface area contributed by atoms with Gasteiger partial charge in [-0.05, 0) is 23.8 Å². The largest absolute Gasteiger partial charge is 0.490 e. The smallest absolute Gasteiger partial charge is 0.311 e. The molecule has 0 radical (unpaired) electrons. The number of nitrogens with zero attached hydrogens (tertiary/aromatic N) is 2. The van der Waals surface area contributed by atoms with Crippen molar-refractivity contribution >= 4 is 11.4 Å². The number of anilines is 1. The van der Waals surface area contributed by atoms with E-state index in [9.17, 15) is 10.1 Å². The fraction of sp³-hybridized carbons (Fsp3) is 0.154. The molecule has 2 aromatic rings. The zero-order valence-corrected chi connectivity index (χ0v) is 10.4. The van der Waals surface area contributed by atoms with Crippen LogP contribution in [0.5, 0.6) is 5.75 Å². The molecule has 6 heteroatoms. The monoisotopic (exact) mass is 259 g/mol. The van der Waals surface area contributed by atoms with Crippen LogP contribution in [0.1, 0.15) is 5.56 Å². The van der Waals surface area contributed by atoms with Crippen LogP contribution in [0.15, 0.2) is 42.7 Å². The number of ether oxygens (including phenoxy) is 1. The van der Waals surface area contributed by atoms with Crippen molar-refractivity contribution in [3.8, 4) is 5.75 Å². The van der Waals surface area contributed by atoms with Crippen molar-refractivity contribution in [1.29, 1.82) is 0 Å². The van der Waals surface area contributed by atoms with Crippen molar-refractivity contribution in [2.45, 2.75) is 6.54 Å². The molecular formula is C13H13N3O3. The summed E-state index contributed by atoms with van der Waals surface area (Å²) in [5, 5.41) is 13.9. The Morgan fingerprint density at radius 2 is 2.05 bits per heavy atom. The van der Waals surface area contributed by atoms with E-state index in [2.05, 4.69) is 10.3 Å². The first kappa shape index (κ1) is 12.8. The summed E-state index contributed by atoms with van der Waals surface area (Å²) in [6.45, 7) is 0.615. The van der Waals surface area contributed by atoms with Gasteiger partial charge in [-0.15, -0.1) is 0 Å². The van der Waals surface area contributed by atoms with Gasteiger partial charge in [0.05, 0.1) is 12.0 Å². The molecule has 6 nitrogen and oxygen atoms in total. The van der Waals surface area contributed by atoms with Gasteiger partial charge < -0.3 is 10.1 Å². The normalized spacial score (nSPS) is 9.95. The van der Waals surface area contributed by atoms with Gasteiger partial charge in [-0.1, -0.05) is 0 Å². The molecule has 0 aliphatic carbocycles. The number of nitrogens with one attached hydrogen (secondary N) is 1. The van der Waals surface area contributed by atoms with E-state index in [1.165, 1.54) is 13.2 Å². The highest BCUT2D eigenvalue weighted by molar-refractivity contribution is 5.58. The van der Waals surface area contributed by atoms with E-state index in [1.807, 2.05) is 12.1 Å². The number of hydrogen-bond acceptors (Lipinski definition) is 5. The Morgan fingerprint density at radius 1 is 1.32 bits per heavy atom. The number of methoxy groups -OCH3 is 1. The molecule has 0 atom stereocenters. The Bertz CT molecular complexity index is 573. The van der Waals surface area contributed by atoms with Gasteiger partial charge in [0.15, 0.2) is 5.75 Å². The van der Waals surface area contributed by atoms with E-state index < -0.39 is 4.92 Å². The van der Waals surface area contributed by atoms with Crippen LogP contribution < -0.4 is 10.1 Å². The summed E-state index contributed by atoms with van der Waals surface area (Å²) in [6, 6.07) is 8.49. The second kappa shape index (κ2) is 5.81. The number of aromatic nitrogens is 1. The van der Waals surface area contributed by atoms with Crippen molar-refractivity contribution in [1.82, 2.24) is 4.98 Å². The number of pyridine rings is 1. The molecule has 0 saturated heterocycles. The predicted octanol–water partition coefficient (Wildman–Crippen LogP) is 2.61. The van der Waals surface area contributed by atoms with Crippen molar-refractivity contribution in [3.05, 3.63) is 58.4 Å². The van der Waals surface area contributed by atoms with Crippen LogP contribution in [0, 0.1) is 10.1 Å². The van der Waals surface area contributed by atoms with Gasteiger partial charge in [0, 0.05) is 36.8 Å². The van der Waals surface area contributed by atoms with Gasteiger partial charge >= 0.3 is 5.69 Å². The van der Waals surface area contributed by atoms with E-state index in [0.717, 1.165) is 11.3 Å². The van der Waals surface area contributed by atoms with Crippen LogP contribution in [-0.4, -0.2) is 17.0 Å². The maximum Gasteiger partial charge on any atom is 0.311 e. The highest BCUT2D eigenvalue weighted by Gasteiger charge is 2.14. The molecule has 1 N–H and O–H groups in total. The van der Waals surface area contributed by atoms with Gasteiger partial charge in [-0.2, -0.15) is 0 Å². The highest BCUT2D eigenvalue weighted by Crippen LogP contribution is 2.29. The van der Waals surface area contributed by atoms with Gasteiger partial charge in [0.2, 0.25) is 0 Å². The second-order valence-corrected chi connectivity index (χ2v) is 3.85. The molecule has 0 amide bonds. The van der Waals surface area contributed by atoms with Crippen molar-refractivity contribution in [3.63, 3.8) is 0 Å². The lowest BCUT2D eigenvalue weighted by Crippen LogP contribution is -2.00. The SMILES string of the molecule is COc1cc(NCc2ccncc2)ccc1[N+](=O)[O-]. The fourth-order valence-electron chi connectivity index (χ4n) is 1.64. The van der Waals surface area contributed by atoms with Gasteiger partial charge in [-0.3, -0.25) is 15.1 Å². The van der Waals surface area contributed by atoms with Gasteiger partial charge in [0.1, 0.15) is 0 Å². The summed E-state index contributed by atoms with van der Waals surface area (Å²) in [5.74, 6) is 0.240. The molecule has 0 unspecified atom stereocenters. The third-order valence-electron chi connectivity index (χ3n) is 2.62. The molecule has 0 spiro atoms. The molecule has 1 heterocycles. The predicted molar refractivity (Wildman–Crippen MR) is 71.2 cm³/mol. The summed E-state index contributed by atoms with van der Waals surface area (Å²) < 4.78 is 5.01. The van der Waals surface area contributed by atoms with E-state index in [1.54, 1.807) is 24.5 Å². The average molecular weight is 259 g/mol. The van der Waals surface area contributed by atoms with Crippen molar-refractivity contribution < 1.29 is 9.66 Å². The molecule has 1 aromatic carbocycles. The average Bonchev–Trinajstić information content (AvgIpc) is 2.45. The Kier molecular flexibility index (Phi) is 3.92. The van der Waals surface area contributed by atoms with E-state index >= 15 is 0 Å². The molecule has 1 aromatic heterocycles. The molecule has 0 aliphatic rings. The van der Waals surface area contributed by atoms with Crippen LogP contribution in [-0.2, 0) is 6.54 Å². The Labute approximate surface area is 110 Å². The zero-order valence-electron chi connectivity index (χ0n) is 10.4. The zero-order chi connectivity index (χ0) is 13.7. The molecular weight excluding hydrogens is 246 g/mol. The molecule has 2 rings (SSSR count). The van der Waals surface area contributed by atoms with E-state index in [0.29, 0.717) is 6.54 Å². The Hall–Kier alpha value is -2.63. The van der Waals surface area contributed by atoms with Crippen LogP contribution in [0.2, 0.25) is 0 Å². The third-order valence-corrected chi connectivity index (χ3v) is 2.62. The number of hydrogen-bond donors (Lipinski definition) is 1. The lowest BCUT2D eigenvalue weighted by atomic mass is 10.2. The quantitative estimate of drug-likeness (QED) is 0.659. The van der Waals surface area contributed by atoms with Crippen molar-refractivity contribution in [2.24, 2.45) is 0 Å². The van der Waals surface area contributed by atoms with Crippen molar-refractivity contribution in [2.75, 3.05) is 12.4 Å². The minimum absolute atomic E-state index is 0.0445. The standard InChI is InChI=1S/C13H13N3O3/c1-19-13-8-11(2-3-12(13)16(17)18)15-9-10-4-6-14-7-5-10/h2-8,15H,9H2,1H3. The maximum absolute atomic E-state index is 10.8. The van der Waals surface area contributed by atoms with Gasteiger partial charge in [-0.25, -0.2) is 0 Å². The molecule has 0 bridgehead atoms. The summed E-state index contributed by atoms with van der Waals surface area (Å²) in [6.07, 6.45) is 3.43. The fourth-order valence-corrected chi connectivity index (χ4v) is 1.64. The Balaban J connectivity index is 2.11. The highest BCUT2D eigenvalue weighted by atomic mass is 16.6. The number of nitro groups is 1. The first-order chi connectivity index (χ1) is 9.20. The first-order valence-corrected chi connectivity index (χ1v) is 5.66. The van der Waals surface area contributed by atoms with Crippen LogP contribution in [0.3, 0.4) is 0 Å². The summed E-state index contributed by atoms with van der Waals surface area (Å²) in [4.78, 5) is 14.2. The summed E-state index contributed by atoms with van der Waals surface area (Å²) in [5.41, 5.74) is 1.79. The minimum atomic E-state index is -0.467. The molecule has 0 fully saturated rings. The maximum atomic E-state index is 10.8. The first-order valence-electron chi connectivity index (χ1n) is 5.66. The molecule has 19 heavy (non-hydrogen) atoms. The summed E-state index contributed by atoms with van der Waals surface area (Å²) >= 11 is 0. The van der Waals surface area contributed by atoms with E-state index in [4.69, 9.17) is 4.74 Å². The summed E-state index contributed by atoms with van der Waals surface area (Å²) in [7, 11) is 1.41. The number of rotatable bonds is 5. The van der Waals surface area contributed by atoms with Gasteiger partial charge in [0.25, 0.3) is 0 Å². The number of nitro benzene ring substituents is 1. The molecule has 0 saturated carbocycles. The third kappa shape index (κ3) is 3.19. The van der Waals surface area contributed by atoms with Crippen LogP contribution in [0.4, 0.5) is 11.4 Å². The van der Waals surface area contributed by atoms with Crippen LogP contribution in [0.25, 0.3) is 0 Å². The van der Waals surface area contributed by atoms with Crippen LogP contribution >= 0.6 is 0 Å². The lowest BCUT2D eigenvalue weighted by Gasteiger charge is -2.08. The Morgan fingerprint density at radius 3 is 2.68 bits per heavy atom. The molecule has 98 valence electrons. The van der Waals surface area contributed by atoms with E-state index in [-0.39, 0.29) is 11.4 Å². The molecule has 0 aliphatic heterocycles. The second-order valence-electron chi connectivity index (χ2n) is 3.85. The topological polar surface area (TPSA) is 77.3 Å². The minimum Gasteiger partial charge on any atom is -0.490 e. The lowest BCUT2D eigenvalue weighted by molar-refractivity contribution is -0.385. The number of benzene rings is 1.